The number of hydrogen-bond donors (Lipinski definition) is 2. The van der Waals surface area contributed by atoms with Crippen molar-refractivity contribution in [3.05, 3.63) is 59.2 Å². The summed E-state index contributed by atoms with van der Waals surface area (Å²) < 4.78 is 10.5. The van der Waals surface area contributed by atoms with Crippen LogP contribution >= 0.6 is 0 Å². The first kappa shape index (κ1) is 21.7. The third kappa shape index (κ3) is 5.53. The minimum atomic E-state index is -0.354. The largest absolute Gasteiger partial charge is 0.493 e. The smallest absolute Gasteiger partial charge is 0.220 e. The van der Waals surface area contributed by atoms with Crippen LogP contribution in [0.1, 0.15) is 42.4 Å². The summed E-state index contributed by atoms with van der Waals surface area (Å²) in [6.07, 6.45) is 2.98. The highest BCUT2D eigenvalue weighted by atomic mass is 16.5. The fraction of sp³-hybridized carbons (Fsp3) is 0.417. The van der Waals surface area contributed by atoms with Crippen LogP contribution in [-0.4, -0.2) is 31.6 Å². The predicted molar refractivity (Wildman–Crippen MR) is 116 cm³/mol. The van der Waals surface area contributed by atoms with Crippen LogP contribution in [0.15, 0.2) is 42.5 Å². The van der Waals surface area contributed by atoms with E-state index in [0.717, 1.165) is 18.4 Å². The monoisotopic (exact) mass is 410 g/mol. The minimum Gasteiger partial charge on any atom is -0.493 e. The molecule has 1 saturated heterocycles. The molecule has 1 aliphatic heterocycles. The summed E-state index contributed by atoms with van der Waals surface area (Å²) in [5, 5.41) is 6.10. The number of carbonyl (C=O) groups excluding carboxylic acids is 2. The summed E-state index contributed by atoms with van der Waals surface area (Å²) >= 11 is 0. The number of methoxy groups -OCH3 is 2. The molecule has 1 fully saturated rings. The Hall–Kier alpha value is -3.02. The van der Waals surface area contributed by atoms with E-state index in [0.29, 0.717) is 37.3 Å². The highest BCUT2D eigenvalue weighted by Gasteiger charge is 2.37. The predicted octanol–water partition coefficient (Wildman–Crippen LogP) is 3.30. The lowest BCUT2D eigenvalue weighted by Crippen LogP contribution is -2.44. The van der Waals surface area contributed by atoms with E-state index in [9.17, 15) is 9.59 Å². The van der Waals surface area contributed by atoms with Gasteiger partial charge in [0.05, 0.1) is 14.2 Å². The summed E-state index contributed by atoms with van der Waals surface area (Å²) in [5.41, 5.74) is 2.96. The molecule has 6 nitrogen and oxygen atoms in total. The summed E-state index contributed by atoms with van der Waals surface area (Å²) in [5.74, 6) is 1.32. The van der Waals surface area contributed by atoms with Gasteiger partial charge < -0.3 is 20.1 Å². The van der Waals surface area contributed by atoms with Crippen LogP contribution < -0.4 is 20.1 Å². The van der Waals surface area contributed by atoms with Crippen molar-refractivity contribution in [3.63, 3.8) is 0 Å². The molecule has 2 N–H and O–H groups in total. The van der Waals surface area contributed by atoms with Crippen molar-refractivity contribution >= 4 is 11.8 Å². The Kier molecular flexibility index (Phi) is 6.98. The van der Waals surface area contributed by atoms with E-state index >= 15 is 0 Å². The van der Waals surface area contributed by atoms with Gasteiger partial charge in [-0.3, -0.25) is 9.59 Å². The lowest BCUT2D eigenvalue weighted by Gasteiger charge is -2.29. The van der Waals surface area contributed by atoms with Crippen molar-refractivity contribution < 1.29 is 19.1 Å². The van der Waals surface area contributed by atoms with E-state index < -0.39 is 0 Å². The van der Waals surface area contributed by atoms with Crippen molar-refractivity contribution in [2.45, 2.75) is 51.1 Å². The zero-order valence-corrected chi connectivity index (χ0v) is 17.9. The molecule has 3 rings (SSSR count). The van der Waals surface area contributed by atoms with Crippen molar-refractivity contribution in [3.8, 4) is 11.5 Å². The van der Waals surface area contributed by atoms with Crippen LogP contribution in [-0.2, 0) is 22.6 Å². The molecule has 0 aliphatic carbocycles. The lowest BCUT2D eigenvalue weighted by molar-refractivity contribution is -0.122. The molecule has 0 radical (unpaired) electrons. The zero-order chi connectivity index (χ0) is 21.6. The Labute approximate surface area is 178 Å². The third-order valence-corrected chi connectivity index (χ3v) is 5.67. The first-order valence-corrected chi connectivity index (χ1v) is 10.3. The number of amides is 2. The Morgan fingerprint density at radius 3 is 2.40 bits per heavy atom. The molecular formula is C24H30N2O4. The zero-order valence-electron chi connectivity index (χ0n) is 17.9. The third-order valence-electron chi connectivity index (χ3n) is 5.67. The SMILES string of the molecule is COc1ccc(CNC(=O)CC[C@]2(Cc3ccc(C)cc3)CCC(=O)N2)cc1OC. The fourth-order valence-corrected chi connectivity index (χ4v) is 3.91. The van der Waals surface area contributed by atoms with Gasteiger partial charge in [-0.25, -0.2) is 0 Å². The van der Waals surface area contributed by atoms with E-state index in [1.807, 2.05) is 18.2 Å². The van der Waals surface area contributed by atoms with Crippen molar-refractivity contribution in [2.75, 3.05) is 14.2 Å². The maximum atomic E-state index is 12.5. The second-order valence-corrected chi connectivity index (χ2v) is 7.96. The van der Waals surface area contributed by atoms with Gasteiger partial charge in [0.1, 0.15) is 0 Å². The van der Waals surface area contributed by atoms with Crippen molar-refractivity contribution in [2.24, 2.45) is 0 Å². The van der Waals surface area contributed by atoms with Gasteiger partial charge in [0.15, 0.2) is 11.5 Å². The van der Waals surface area contributed by atoms with Gasteiger partial charge in [0, 0.05) is 24.9 Å². The number of nitrogens with one attached hydrogen (secondary N) is 2. The molecule has 160 valence electrons. The summed E-state index contributed by atoms with van der Waals surface area (Å²) in [4.78, 5) is 24.4. The molecular weight excluding hydrogens is 380 g/mol. The number of rotatable bonds is 9. The molecule has 0 saturated carbocycles. The van der Waals surface area contributed by atoms with Crippen LogP contribution in [0, 0.1) is 6.92 Å². The lowest BCUT2D eigenvalue weighted by atomic mass is 9.84. The summed E-state index contributed by atoms with van der Waals surface area (Å²) in [6.45, 7) is 2.47. The van der Waals surface area contributed by atoms with Gasteiger partial charge in [-0.1, -0.05) is 35.9 Å². The Balaban J connectivity index is 1.57. The van der Waals surface area contributed by atoms with E-state index in [-0.39, 0.29) is 17.4 Å². The fourth-order valence-electron chi connectivity index (χ4n) is 3.91. The quantitative estimate of drug-likeness (QED) is 0.665. The molecule has 0 bridgehead atoms. The van der Waals surface area contributed by atoms with Crippen molar-refractivity contribution in [1.82, 2.24) is 10.6 Å². The molecule has 2 amide bonds. The van der Waals surface area contributed by atoms with Crippen LogP contribution in [0.4, 0.5) is 0 Å². The number of hydrogen-bond acceptors (Lipinski definition) is 4. The molecule has 0 spiro atoms. The molecule has 2 aromatic rings. The van der Waals surface area contributed by atoms with Crippen LogP contribution in [0.2, 0.25) is 0 Å². The molecule has 1 aliphatic rings. The van der Waals surface area contributed by atoms with Crippen LogP contribution in [0.5, 0.6) is 11.5 Å². The van der Waals surface area contributed by atoms with Crippen LogP contribution in [0.25, 0.3) is 0 Å². The number of benzene rings is 2. The molecule has 0 unspecified atom stereocenters. The maximum absolute atomic E-state index is 12.5. The second kappa shape index (κ2) is 9.65. The normalized spacial score (nSPS) is 18.0. The Morgan fingerprint density at radius 1 is 1.07 bits per heavy atom. The number of carbonyl (C=O) groups is 2. The topological polar surface area (TPSA) is 76.7 Å². The van der Waals surface area contributed by atoms with Gasteiger partial charge in [-0.15, -0.1) is 0 Å². The Bertz CT molecular complexity index is 895. The van der Waals surface area contributed by atoms with Gasteiger partial charge in [-0.05, 0) is 49.4 Å². The number of aryl methyl sites for hydroxylation is 1. The average molecular weight is 411 g/mol. The van der Waals surface area contributed by atoms with Crippen molar-refractivity contribution in [1.29, 1.82) is 0 Å². The Morgan fingerprint density at radius 2 is 1.77 bits per heavy atom. The van der Waals surface area contributed by atoms with E-state index in [1.54, 1.807) is 14.2 Å². The molecule has 30 heavy (non-hydrogen) atoms. The first-order chi connectivity index (χ1) is 14.4. The first-order valence-electron chi connectivity index (χ1n) is 10.3. The molecule has 0 aromatic heterocycles. The van der Waals surface area contributed by atoms with E-state index in [4.69, 9.17) is 9.47 Å². The van der Waals surface area contributed by atoms with Crippen LogP contribution in [0.3, 0.4) is 0 Å². The average Bonchev–Trinajstić information content (AvgIpc) is 3.12. The van der Waals surface area contributed by atoms with E-state index in [2.05, 4.69) is 41.8 Å². The second-order valence-electron chi connectivity index (χ2n) is 7.96. The van der Waals surface area contributed by atoms with Gasteiger partial charge >= 0.3 is 0 Å². The number of ether oxygens (including phenoxy) is 2. The highest BCUT2D eigenvalue weighted by molar-refractivity contribution is 5.80. The summed E-state index contributed by atoms with van der Waals surface area (Å²) in [6, 6.07) is 13.9. The molecule has 1 atom stereocenters. The standard InChI is InChI=1S/C24H30N2O4/c1-17-4-6-18(7-5-17)15-24(13-11-23(28)26-24)12-10-22(27)25-16-19-8-9-20(29-2)21(14-19)30-3/h4-9,14H,10-13,15-16H2,1-3H3,(H,25,27)(H,26,28)/t24-/m1/s1. The van der Waals surface area contributed by atoms with Gasteiger partial charge in [-0.2, -0.15) is 0 Å². The molecule has 6 heteroatoms. The molecule has 2 aromatic carbocycles. The van der Waals surface area contributed by atoms with E-state index in [1.165, 1.54) is 11.1 Å². The summed E-state index contributed by atoms with van der Waals surface area (Å²) in [7, 11) is 3.18. The van der Waals surface area contributed by atoms with Gasteiger partial charge in [0.2, 0.25) is 11.8 Å². The highest BCUT2D eigenvalue weighted by Crippen LogP contribution is 2.30. The molecule has 1 heterocycles. The maximum Gasteiger partial charge on any atom is 0.220 e. The van der Waals surface area contributed by atoms with Gasteiger partial charge in [0.25, 0.3) is 0 Å². The minimum absolute atomic E-state index is 0.0331.